The standard InChI is InChI=1S/C33H31ClN2O4/c1-4-22(5-2)32(38)36(29-9-7-6-8-10-29)30-20-24(19-25(21-30)33(39)40)31(37)23-11-15-27(16-12-23)35(3)28-17-13-26(34)14-18-28/h6-22H,4-5H2,1-3H3,(H,39,40). The van der Waals surface area contributed by atoms with Gasteiger partial charge < -0.3 is 10.0 Å². The second-order valence-corrected chi connectivity index (χ2v) is 9.94. The average Bonchev–Trinajstić information content (AvgIpc) is 2.98. The first-order valence-corrected chi connectivity index (χ1v) is 13.5. The fourth-order valence-electron chi connectivity index (χ4n) is 4.61. The number of carboxylic acids is 1. The number of hydrogen-bond acceptors (Lipinski definition) is 4. The molecule has 0 aliphatic carbocycles. The molecule has 4 aromatic carbocycles. The summed E-state index contributed by atoms with van der Waals surface area (Å²) in [6, 6.07) is 28.0. The lowest BCUT2D eigenvalue weighted by Gasteiger charge is -2.27. The number of hydrogen-bond donors (Lipinski definition) is 1. The van der Waals surface area contributed by atoms with Crippen molar-refractivity contribution in [2.75, 3.05) is 16.8 Å². The lowest BCUT2D eigenvalue weighted by molar-refractivity contribution is -0.121. The smallest absolute Gasteiger partial charge is 0.335 e. The van der Waals surface area contributed by atoms with E-state index in [1.54, 1.807) is 30.3 Å². The first-order valence-electron chi connectivity index (χ1n) is 13.1. The minimum atomic E-state index is -1.18. The molecule has 0 aliphatic heterocycles. The monoisotopic (exact) mass is 554 g/mol. The topological polar surface area (TPSA) is 77.9 Å². The second kappa shape index (κ2) is 12.6. The van der Waals surface area contributed by atoms with E-state index in [0.29, 0.717) is 34.8 Å². The van der Waals surface area contributed by atoms with Crippen LogP contribution in [0.5, 0.6) is 0 Å². The molecule has 0 atom stereocenters. The molecule has 6 nitrogen and oxygen atoms in total. The van der Waals surface area contributed by atoms with Crippen LogP contribution in [0.1, 0.15) is 53.0 Å². The van der Waals surface area contributed by atoms with Gasteiger partial charge in [0.25, 0.3) is 0 Å². The SMILES string of the molecule is CCC(CC)C(=O)N(c1ccccc1)c1cc(C(=O)O)cc(C(=O)c2ccc(N(C)c3ccc(Cl)cc3)cc2)c1. The number of carbonyl (C=O) groups is 3. The summed E-state index contributed by atoms with van der Waals surface area (Å²) < 4.78 is 0. The summed E-state index contributed by atoms with van der Waals surface area (Å²) in [5, 5.41) is 10.5. The van der Waals surface area contributed by atoms with Gasteiger partial charge in [-0.2, -0.15) is 0 Å². The fraction of sp³-hybridized carbons (Fsp3) is 0.182. The molecular formula is C33H31ClN2O4. The van der Waals surface area contributed by atoms with Crippen molar-refractivity contribution in [3.63, 3.8) is 0 Å². The van der Waals surface area contributed by atoms with Crippen LogP contribution >= 0.6 is 11.6 Å². The third-order valence-electron chi connectivity index (χ3n) is 6.99. The number of ketones is 1. The van der Waals surface area contributed by atoms with Gasteiger partial charge in [-0.3, -0.25) is 14.5 Å². The van der Waals surface area contributed by atoms with Crippen molar-refractivity contribution in [3.05, 3.63) is 119 Å². The van der Waals surface area contributed by atoms with E-state index in [4.69, 9.17) is 11.6 Å². The molecule has 40 heavy (non-hydrogen) atoms. The number of para-hydroxylation sites is 1. The number of halogens is 1. The number of nitrogens with zero attached hydrogens (tertiary/aromatic N) is 2. The summed E-state index contributed by atoms with van der Waals surface area (Å²) in [6.07, 6.45) is 1.28. The molecule has 0 bridgehead atoms. The van der Waals surface area contributed by atoms with Gasteiger partial charge >= 0.3 is 5.97 Å². The Morgan fingerprint density at radius 1 is 0.700 bits per heavy atom. The van der Waals surface area contributed by atoms with Gasteiger partial charge in [-0.1, -0.05) is 43.6 Å². The van der Waals surface area contributed by atoms with Crippen LogP contribution in [0.4, 0.5) is 22.7 Å². The molecule has 0 fully saturated rings. The fourth-order valence-corrected chi connectivity index (χ4v) is 4.74. The van der Waals surface area contributed by atoms with Crippen molar-refractivity contribution in [1.82, 2.24) is 0 Å². The minimum Gasteiger partial charge on any atom is -0.478 e. The Morgan fingerprint density at radius 3 is 1.80 bits per heavy atom. The number of aromatic carboxylic acids is 1. The van der Waals surface area contributed by atoms with E-state index in [2.05, 4.69) is 0 Å². The Kier molecular flexibility index (Phi) is 9.02. The zero-order valence-electron chi connectivity index (χ0n) is 22.7. The highest BCUT2D eigenvalue weighted by molar-refractivity contribution is 6.30. The lowest BCUT2D eigenvalue weighted by Crippen LogP contribution is -2.32. The quantitative estimate of drug-likeness (QED) is 0.200. The van der Waals surface area contributed by atoms with E-state index in [0.717, 1.165) is 11.4 Å². The molecule has 1 amide bonds. The molecule has 4 aromatic rings. The maximum atomic E-state index is 13.7. The molecular weight excluding hydrogens is 524 g/mol. The van der Waals surface area contributed by atoms with E-state index in [1.165, 1.54) is 17.0 Å². The van der Waals surface area contributed by atoms with Gasteiger partial charge in [0.1, 0.15) is 0 Å². The van der Waals surface area contributed by atoms with Gasteiger partial charge in [0.15, 0.2) is 5.78 Å². The third kappa shape index (κ3) is 6.24. The molecule has 0 unspecified atom stereocenters. The second-order valence-electron chi connectivity index (χ2n) is 9.51. The predicted octanol–water partition coefficient (Wildman–Crippen LogP) is 8.14. The number of amides is 1. The van der Waals surface area contributed by atoms with Crippen LogP contribution in [0, 0.1) is 5.92 Å². The molecule has 0 heterocycles. The highest BCUT2D eigenvalue weighted by atomic mass is 35.5. The molecule has 204 valence electrons. The van der Waals surface area contributed by atoms with Gasteiger partial charge in [-0.15, -0.1) is 0 Å². The molecule has 7 heteroatoms. The van der Waals surface area contributed by atoms with E-state index >= 15 is 0 Å². The summed E-state index contributed by atoms with van der Waals surface area (Å²) in [5.41, 5.74) is 3.26. The predicted molar refractivity (Wildman–Crippen MR) is 160 cm³/mol. The van der Waals surface area contributed by atoms with E-state index < -0.39 is 5.97 Å². The van der Waals surface area contributed by atoms with Crippen LogP contribution in [-0.2, 0) is 4.79 Å². The highest BCUT2D eigenvalue weighted by Gasteiger charge is 2.26. The molecule has 4 rings (SSSR count). The zero-order valence-corrected chi connectivity index (χ0v) is 23.4. The number of carbonyl (C=O) groups excluding carboxylic acids is 2. The summed E-state index contributed by atoms with van der Waals surface area (Å²) in [6.45, 7) is 3.90. The summed E-state index contributed by atoms with van der Waals surface area (Å²) in [5.74, 6) is -1.92. The van der Waals surface area contributed by atoms with Crippen LogP contribution in [0.15, 0.2) is 97.1 Å². The van der Waals surface area contributed by atoms with Gasteiger partial charge in [0, 0.05) is 46.2 Å². The van der Waals surface area contributed by atoms with Crippen LogP contribution in [0.2, 0.25) is 5.02 Å². The first kappa shape index (κ1) is 28.6. The summed E-state index contributed by atoms with van der Waals surface area (Å²) >= 11 is 6.01. The molecule has 1 N–H and O–H groups in total. The molecule has 0 saturated heterocycles. The van der Waals surface area contributed by atoms with Crippen molar-refractivity contribution in [2.45, 2.75) is 26.7 Å². The van der Waals surface area contributed by atoms with E-state index in [9.17, 15) is 19.5 Å². The summed E-state index contributed by atoms with van der Waals surface area (Å²) in [7, 11) is 1.91. The van der Waals surface area contributed by atoms with Gasteiger partial charge in [-0.05, 0) is 91.7 Å². The van der Waals surface area contributed by atoms with Gasteiger partial charge in [0.05, 0.1) is 11.3 Å². The van der Waals surface area contributed by atoms with Crippen molar-refractivity contribution < 1.29 is 19.5 Å². The Hall–Kier alpha value is -4.42. The van der Waals surface area contributed by atoms with Gasteiger partial charge in [-0.25, -0.2) is 4.79 Å². The number of carboxylic acid groups (broad SMARTS) is 1. The molecule has 0 aliphatic rings. The lowest BCUT2D eigenvalue weighted by atomic mass is 9.97. The molecule has 0 radical (unpaired) electrons. The van der Waals surface area contributed by atoms with Crippen molar-refractivity contribution in [2.24, 2.45) is 5.92 Å². The molecule has 0 aromatic heterocycles. The number of anilines is 4. The molecule has 0 saturated carbocycles. The largest absolute Gasteiger partial charge is 0.478 e. The normalized spacial score (nSPS) is 10.8. The van der Waals surface area contributed by atoms with Crippen LogP contribution in [-0.4, -0.2) is 29.8 Å². The Bertz CT molecular complexity index is 1500. The van der Waals surface area contributed by atoms with Crippen molar-refractivity contribution in [1.29, 1.82) is 0 Å². The highest BCUT2D eigenvalue weighted by Crippen LogP contribution is 2.32. The Balaban J connectivity index is 1.73. The van der Waals surface area contributed by atoms with E-state index in [-0.39, 0.29) is 28.7 Å². The maximum Gasteiger partial charge on any atom is 0.335 e. The summed E-state index contributed by atoms with van der Waals surface area (Å²) in [4.78, 5) is 42.8. The van der Waals surface area contributed by atoms with Gasteiger partial charge in [0.2, 0.25) is 5.91 Å². The average molecular weight is 555 g/mol. The van der Waals surface area contributed by atoms with Crippen LogP contribution in [0.3, 0.4) is 0 Å². The van der Waals surface area contributed by atoms with Crippen LogP contribution < -0.4 is 9.80 Å². The first-order chi connectivity index (χ1) is 19.2. The number of rotatable bonds is 10. The molecule has 0 spiro atoms. The van der Waals surface area contributed by atoms with Crippen LogP contribution in [0.25, 0.3) is 0 Å². The Morgan fingerprint density at radius 2 is 1.25 bits per heavy atom. The third-order valence-corrected chi connectivity index (χ3v) is 7.24. The van der Waals surface area contributed by atoms with E-state index in [1.807, 2.05) is 80.4 Å². The van der Waals surface area contributed by atoms with Crippen molar-refractivity contribution in [3.8, 4) is 0 Å². The van der Waals surface area contributed by atoms with Crippen molar-refractivity contribution >= 4 is 52.0 Å². The zero-order chi connectivity index (χ0) is 28.8. The Labute approximate surface area is 239 Å². The minimum absolute atomic E-state index is 0.0711. The maximum absolute atomic E-state index is 13.7. The number of benzene rings is 4.